The Morgan fingerprint density at radius 1 is 1.23 bits per heavy atom. The number of nitrogens with two attached hydrogens (primary N) is 1. The van der Waals surface area contributed by atoms with Crippen LogP contribution in [0.25, 0.3) is 11.2 Å². The fourth-order valence-corrected chi connectivity index (χ4v) is 6.58. The van der Waals surface area contributed by atoms with Gasteiger partial charge in [0.05, 0.1) is 27.2 Å². The molecule has 1 saturated heterocycles. The minimum absolute atomic E-state index is 0.0597. The van der Waals surface area contributed by atoms with Crippen LogP contribution in [0.5, 0.6) is 0 Å². The molecule has 6 atom stereocenters. The Labute approximate surface area is 253 Å². The van der Waals surface area contributed by atoms with Gasteiger partial charge in [0.1, 0.15) is 24.3 Å². The number of nitrogen functional groups attached to an aromatic ring is 1. The maximum absolute atomic E-state index is 16.2. The molecule has 0 radical (unpaired) electrons. The van der Waals surface area contributed by atoms with Gasteiger partial charge >= 0.3 is 19.6 Å². The number of alkyl halides is 1. The second-order valence-electron chi connectivity index (χ2n) is 11.2. The van der Waals surface area contributed by atoms with Crippen LogP contribution in [0.3, 0.4) is 0 Å². The maximum Gasteiger partial charge on any atom is 0.342 e. The summed E-state index contributed by atoms with van der Waals surface area (Å²) in [5.41, 5.74) is 1.69. The van der Waals surface area contributed by atoms with E-state index in [4.69, 9.17) is 30.9 Å². The normalized spacial score (nSPS) is 24.6. The number of hydrogen-bond acceptors (Lipinski definition) is 12. The lowest BCUT2D eigenvalue weighted by atomic mass is 9.97. The van der Waals surface area contributed by atoms with Gasteiger partial charge in [0.2, 0.25) is 11.6 Å². The number of anilines is 1. The number of terminal acetylenes is 1. The van der Waals surface area contributed by atoms with E-state index >= 15 is 4.39 Å². The van der Waals surface area contributed by atoms with Gasteiger partial charge in [-0.05, 0) is 24.7 Å². The Hall–Kier alpha value is -3.39. The summed E-state index contributed by atoms with van der Waals surface area (Å²) in [4.78, 5) is 47.6. The Kier molecular flexibility index (Phi) is 11.3. The third-order valence-electron chi connectivity index (χ3n) is 6.83. The number of esters is 2. The van der Waals surface area contributed by atoms with Crippen molar-refractivity contribution in [2.24, 2.45) is 11.8 Å². The van der Waals surface area contributed by atoms with Crippen molar-refractivity contribution in [3.63, 3.8) is 0 Å². The molecule has 0 spiro atoms. The van der Waals surface area contributed by atoms with E-state index in [1.807, 2.05) is 33.6 Å². The number of hydrogen-bond donors (Lipinski definition) is 5. The number of ether oxygens (including phenoxy) is 3. The van der Waals surface area contributed by atoms with E-state index in [2.05, 4.69) is 25.1 Å². The van der Waals surface area contributed by atoms with Crippen LogP contribution in [0.2, 0.25) is 0 Å². The molecular formula is C26H39FN7O9P. The number of rotatable bonds is 14. The zero-order valence-corrected chi connectivity index (χ0v) is 26.2. The second-order valence-corrected chi connectivity index (χ2v) is 13.1. The summed E-state index contributed by atoms with van der Waals surface area (Å²) in [5, 5.41) is 16.2. The minimum atomic E-state index is -4.40. The highest BCUT2D eigenvalue weighted by atomic mass is 31.2. The summed E-state index contributed by atoms with van der Waals surface area (Å²) in [7, 11) is -2.08. The molecule has 2 aromatic rings. The second kappa shape index (κ2) is 14.1. The summed E-state index contributed by atoms with van der Waals surface area (Å²) >= 11 is 0. The Morgan fingerprint density at radius 3 is 2.25 bits per heavy atom. The van der Waals surface area contributed by atoms with E-state index in [1.165, 1.54) is 0 Å². The van der Waals surface area contributed by atoms with Crippen molar-refractivity contribution in [1.29, 1.82) is 0 Å². The van der Waals surface area contributed by atoms with E-state index < -0.39 is 68.0 Å². The van der Waals surface area contributed by atoms with Crippen molar-refractivity contribution in [1.82, 2.24) is 29.7 Å². The fraction of sp³-hybridized carbons (Fsp3) is 0.654. The lowest BCUT2D eigenvalue weighted by molar-refractivity contribution is -0.143. The first-order valence-electron chi connectivity index (χ1n) is 13.8. The number of aromatic nitrogens is 4. The number of fused-ring (bicyclic) bond motifs is 1. The van der Waals surface area contributed by atoms with E-state index in [0.29, 0.717) is 0 Å². The molecule has 1 aliphatic heterocycles. The molecule has 6 unspecified atom stereocenters. The van der Waals surface area contributed by atoms with Crippen LogP contribution in [0.1, 0.15) is 46.8 Å². The first kappa shape index (κ1) is 35.1. The van der Waals surface area contributed by atoms with Gasteiger partial charge in [0, 0.05) is 0 Å². The molecule has 0 bridgehead atoms. The Morgan fingerprint density at radius 2 is 1.77 bits per heavy atom. The SMILES string of the molecule is C#CC1(F)C(O)C(COP(=O)(NC(CC(C)C)C(=O)OC)NC(CC(C)C)C(=O)OC)OC1n1cnc2c(=O)[nH]c(N)nc21. The molecule has 0 aromatic carbocycles. The monoisotopic (exact) mass is 643 g/mol. The van der Waals surface area contributed by atoms with Crippen molar-refractivity contribution in [3.05, 3.63) is 16.7 Å². The smallest absolute Gasteiger partial charge is 0.342 e. The number of imidazole rings is 1. The molecule has 1 fully saturated rings. The van der Waals surface area contributed by atoms with Crippen molar-refractivity contribution in [2.45, 2.75) is 76.7 Å². The third kappa shape index (κ3) is 7.63. The van der Waals surface area contributed by atoms with Crippen molar-refractivity contribution in [2.75, 3.05) is 26.6 Å². The third-order valence-corrected chi connectivity index (χ3v) is 8.64. The molecule has 18 heteroatoms. The van der Waals surface area contributed by atoms with Crippen LogP contribution in [0, 0.1) is 24.2 Å². The lowest BCUT2D eigenvalue weighted by Crippen LogP contribution is -2.46. The molecule has 2 aromatic heterocycles. The number of aliphatic hydroxyl groups excluding tert-OH is 1. The van der Waals surface area contributed by atoms with Gasteiger partial charge in [-0.3, -0.25) is 28.5 Å². The van der Waals surface area contributed by atoms with Gasteiger partial charge < -0.3 is 29.6 Å². The first-order chi connectivity index (χ1) is 20.6. The molecule has 3 rings (SSSR count). The molecular weight excluding hydrogens is 604 g/mol. The zero-order valence-electron chi connectivity index (χ0n) is 25.3. The van der Waals surface area contributed by atoms with Crippen LogP contribution in [0.15, 0.2) is 11.1 Å². The molecule has 0 saturated carbocycles. The number of nitrogens with zero attached hydrogens (tertiary/aromatic N) is 3. The van der Waals surface area contributed by atoms with Gasteiger partial charge in [0.15, 0.2) is 17.4 Å². The molecule has 44 heavy (non-hydrogen) atoms. The van der Waals surface area contributed by atoms with Crippen LogP contribution in [-0.2, 0) is 32.9 Å². The van der Waals surface area contributed by atoms with Gasteiger partial charge in [0.25, 0.3) is 5.56 Å². The molecule has 16 nitrogen and oxygen atoms in total. The van der Waals surface area contributed by atoms with E-state index in [0.717, 1.165) is 25.1 Å². The number of methoxy groups -OCH3 is 2. The lowest BCUT2D eigenvalue weighted by Gasteiger charge is -2.30. The molecule has 3 heterocycles. The quantitative estimate of drug-likeness (QED) is 0.109. The molecule has 6 N–H and O–H groups in total. The van der Waals surface area contributed by atoms with Crippen LogP contribution < -0.4 is 21.5 Å². The van der Waals surface area contributed by atoms with E-state index in [1.54, 1.807) is 0 Å². The highest BCUT2D eigenvalue weighted by molar-refractivity contribution is 7.54. The number of nitrogens with one attached hydrogen (secondary N) is 3. The zero-order chi connectivity index (χ0) is 33.0. The highest BCUT2D eigenvalue weighted by Gasteiger charge is 2.58. The Bertz CT molecular complexity index is 1460. The number of carbonyl (C=O) groups is 2. The largest absolute Gasteiger partial charge is 0.468 e. The van der Waals surface area contributed by atoms with Gasteiger partial charge in [-0.15, -0.1) is 6.42 Å². The predicted molar refractivity (Wildman–Crippen MR) is 155 cm³/mol. The van der Waals surface area contributed by atoms with Crippen LogP contribution >= 0.6 is 7.67 Å². The molecule has 0 amide bonds. The number of halogens is 1. The van der Waals surface area contributed by atoms with Gasteiger partial charge in [-0.25, -0.2) is 19.5 Å². The predicted octanol–water partition coefficient (Wildman–Crippen LogP) is 0.781. The number of aliphatic hydroxyl groups is 1. The number of aromatic amines is 1. The van der Waals surface area contributed by atoms with Gasteiger partial charge in [-0.2, -0.15) is 4.98 Å². The van der Waals surface area contributed by atoms with Crippen molar-refractivity contribution in [3.8, 4) is 12.3 Å². The highest BCUT2D eigenvalue weighted by Crippen LogP contribution is 2.46. The molecule has 1 aliphatic rings. The number of H-pyrrole nitrogens is 1. The van der Waals surface area contributed by atoms with Crippen LogP contribution in [-0.4, -0.2) is 87.4 Å². The summed E-state index contributed by atoms with van der Waals surface area (Å²) in [5.74, 6) is -0.00680. The maximum atomic E-state index is 16.2. The summed E-state index contributed by atoms with van der Waals surface area (Å²) < 4.78 is 52.7. The average Bonchev–Trinajstić information content (AvgIpc) is 3.48. The van der Waals surface area contributed by atoms with E-state index in [-0.39, 0.29) is 41.8 Å². The van der Waals surface area contributed by atoms with Crippen LogP contribution in [0.4, 0.5) is 10.3 Å². The summed E-state index contributed by atoms with van der Waals surface area (Å²) in [6, 6.07) is -2.29. The fourth-order valence-electron chi connectivity index (χ4n) is 4.76. The van der Waals surface area contributed by atoms with Crippen molar-refractivity contribution < 1.29 is 42.4 Å². The topological polar surface area (TPSA) is 222 Å². The average molecular weight is 644 g/mol. The molecule has 244 valence electrons. The van der Waals surface area contributed by atoms with E-state index in [9.17, 15) is 24.1 Å². The summed E-state index contributed by atoms with van der Waals surface area (Å²) in [6.07, 6.45) is 1.54. The summed E-state index contributed by atoms with van der Waals surface area (Å²) in [6.45, 7) is 6.56. The first-order valence-corrected chi connectivity index (χ1v) is 15.4. The number of carbonyl (C=O) groups excluding carboxylic acids is 2. The standard InChI is InChI=1S/C26H39FN7O9P/c1-8-26(27)19(35)17(43-24(26)34-12-29-18-20(34)30-25(28)31-21(18)36)11-42-44(39,32-15(9-13(2)3)22(37)40-6)33-16(10-14(4)5)23(38)41-7/h1,12-17,19,24,35H,9-11H2,2-7H3,(H2,32,33,39)(H3,28,30,31,36). The Balaban J connectivity index is 1.96. The van der Waals surface area contributed by atoms with Crippen molar-refractivity contribution >= 4 is 36.7 Å². The molecule has 0 aliphatic carbocycles. The van der Waals surface area contributed by atoms with Gasteiger partial charge in [-0.1, -0.05) is 33.6 Å². The minimum Gasteiger partial charge on any atom is -0.468 e.